The predicted octanol–water partition coefficient (Wildman–Crippen LogP) is 2.35. The van der Waals surface area contributed by atoms with Crippen LogP contribution in [-0.4, -0.2) is 42.9 Å². The fraction of sp³-hybridized carbons (Fsp3) is 0.462. The zero-order chi connectivity index (χ0) is 13.1. The molecule has 0 aliphatic carbocycles. The van der Waals surface area contributed by atoms with Gasteiger partial charge in [0.25, 0.3) is 0 Å². The van der Waals surface area contributed by atoms with Crippen molar-refractivity contribution in [2.75, 3.05) is 38.3 Å². The number of benzene rings is 1. The molecule has 0 unspecified atom stereocenters. The van der Waals surface area contributed by atoms with Crippen LogP contribution in [0.25, 0.3) is 10.2 Å². The lowest BCUT2D eigenvalue weighted by atomic mass is 10.3. The minimum absolute atomic E-state index is 0.684. The summed E-state index contributed by atoms with van der Waals surface area (Å²) in [6, 6.07) is 6.01. The lowest BCUT2D eigenvalue weighted by Crippen LogP contribution is -2.40. The molecule has 0 amide bonds. The number of hydrazine groups is 1. The number of morpholine rings is 1. The van der Waals surface area contributed by atoms with Gasteiger partial charge in [-0.3, -0.25) is 5.43 Å². The lowest BCUT2D eigenvalue weighted by Gasteiger charge is -2.26. The van der Waals surface area contributed by atoms with Crippen molar-refractivity contribution in [3.05, 3.63) is 18.2 Å². The molecule has 0 saturated carbocycles. The summed E-state index contributed by atoms with van der Waals surface area (Å²) in [7, 11) is 0. The number of hydrogen-bond acceptors (Lipinski definition) is 6. The molecule has 1 N–H and O–H groups in total. The second kappa shape index (κ2) is 5.73. The topological polar surface area (TPSA) is 46.6 Å². The Labute approximate surface area is 116 Å². The number of rotatable bonds is 4. The fourth-order valence-electron chi connectivity index (χ4n) is 2.02. The summed E-state index contributed by atoms with van der Waals surface area (Å²) >= 11 is 1.65. The zero-order valence-electron chi connectivity index (χ0n) is 10.9. The molecule has 0 radical (unpaired) electrons. The van der Waals surface area contributed by atoms with Gasteiger partial charge in [0.1, 0.15) is 5.75 Å². The second-order valence-corrected chi connectivity index (χ2v) is 5.32. The summed E-state index contributed by atoms with van der Waals surface area (Å²) in [5.74, 6) is 0.900. The van der Waals surface area contributed by atoms with Crippen LogP contribution in [0.4, 0.5) is 5.13 Å². The number of fused-ring (bicyclic) bond motifs is 1. The quantitative estimate of drug-likeness (QED) is 0.931. The van der Waals surface area contributed by atoms with Crippen LogP contribution in [0.15, 0.2) is 18.2 Å². The van der Waals surface area contributed by atoms with E-state index in [9.17, 15) is 0 Å². The molecule has 1 fully saturated rings. The molecule has 102 valence electrons. The van der Waals surface area contributed by atoms with Gasteiger partial charge in [-0.1, -0.05) is 11.3 Å². The number of hydrogen-bond donors (Lipinski definition) is 1. The lowest BCUT2D eigenvalue weighted by molar-refractivity contribution is 0.0497. The Kier molecular flexibility index (Phi) is 3.82. The molecule has 1 aromatic heterocycles. The van der Waals surface area contributed by atoms with Crippen LogP contribution in [0, 0.1) is 0 Å². The maximum Gasteiger partial charge on any atom is 0.198 e. The van der Waals surface area contributed by atoms with Crippen LogP contribution in [0.3, 0.4) is 0 Å². The van der Waals surface area contributed by atoms with E-state index in [1.165, 1.54) is 0 Å². The molecule has 5 nitrogen and oxygen atoms in total. The van der Waals surface area contributed by atoms with E-state index in [0.717, 1.165) is 47.4 Å². The van der Waals surface area contributed by atoms with Gasteiger partial charge < -0.3 is 9.47 Å². The molecule has 2 heterocycles. The highest BCUT2D eigenvalue weighted by molar-refractivity contribution is 7.22. The van der Waals surface area contributed by atoms with Crippen molar-refractivity contribution < 1.29 is 9.47 Å². The zero-order valence-corrected chi connectivity index (χ0v) is 11.7. The number of thiazole rings is 1. The summed E-state index contributed by atoms with van der Waals surface area (Å²) in [5.41, 5.74) is 4.35. The molecule has 6 heteroatoms. The molecular formula is C13H17N3O2S. The smallest absolute Gasteiger partial charge is 0.198 e. The Morgan fingerprint density at radius 3 is 3.05 bits per heavy atom. The third-order valence-electron chi connectivity index (χ3n) is 2.94. The Bertz CT molecular complexity index is 552. The number of nitrogens with zero attached hydrogens (tertiary/aromatic N) is 2. The molecule has 0 atom stereocenters. The van der Waals surface area contributed by atoms with Gasteiger partial charge in [-0.25, -0.2) is 9.99 Å². The molecule has 2 aromatic rings. The number of anilines is 1. The van der Waals surface area contributed by atoms with Gasteiger partial charge in [0.15, 0.2) is 5.13 Å². The standard InChI is InChI=1S/C13H17N3O2S/c1-2-18-10-3-4-11-12(9-10)19-13(14-11)15-16-5-7-17-8-6-16/h3-4,9H,2,5-8H2,1H3,(H,14,15). The van der Waals surface area contributed by atoms with Crippen molar-refractivity contribution in [3.8, 4) is 5.75 Å². The number of ether oxygens (including phenoxy) is 2. The summed E-state index contributed by atoms with van der Waals surface area (Å²) < 4.78 is 12.0. The minimum Gasteiger partial charge on any atom is -0.494 e. The first-order valence-corrected chi connectivity index (χ1v) is 7.29. The molecule has 3 rings (SSSR count). The van der Waals surface area contributed by atoms with E-state index < -0.39 is 0 Å². The monoisotopic (exact) mass is 279 g/mol. The highest BCUT2D eigenvalue weighted by Gasteiger charge is 2.12. The Morgan fingerprint density at radius 2 is 2.26 bits per heavy atom. The van der Waals surface area contributed by atoms with Gasteiger partial charge in [0.2, 0.25) is 0 Å². The molecule has 1 aliphatic heterocycles. The molecule has 1 saturated heterocycles. The maximum absolute atomic E-state index is 5.50. The highest BCUT2D eigenvalue weighted by atomic mass is 32.1. The van der Waals surface area contributed by atoms with Gasteiger partial charge in [-0.15, -0.1) is 0 Å². The number of aromatic nitrogens is 1. The van der Waals surface area contributed by atoms with Crippen molar-refractivity contribution >= 4 is 26.7 Å². The van der Waals surface area contributed by atoms with E-state index in [0.29, 0.717) is 6.61 Å². The highest BCUT2D eigenvalue weighted by Crippen LogP contribution is 2.29. The second-order valence-electron chi connectivity index (χ2n) is 4.29. The largest absolute Gasteiger partial charge is 0.494 e. The first kappa shape index (κ1) is 12.7. The molecule has 0 spiro atoms. The average molecular weight is 279 g/mol. The fourth-order valence-corrected chi connectivity index (χ4v) is 2.94. The number of nitrogens with one attached hydrogen (secondary N) is 1. The summed E-state index contributed by atoms with van der Waals surface area (Å²) in [4.78, 5) is 4.58. The van der Waals surface area contributed by atoms with Gasteiger partial charge in [-0.2, -0.15) is 0 Å². The average Bonchev–Trinajstić information content (AvgIpc) is 2.82. The Balaban J connectivity index is 1.76. The first-order valence-electron chi connectivity index (χ1n) is 6.48. The van der Waals surface area contributed by atoms with Crippen LogP contribution in [0.2, 0.25) is 0 Å². The van der Waals surface area contributed by atoms with Crippen molar-refractivity contribution in [3.63, 3.8) is 0 Å². The van der Waals surface area contributed by atoms with Crippen molar-refractivity contribution in [2.45, 2.75) is 6.92 Å². The van der Waals surface area contributed by atoms with Gasteiger partial charge >= 0.3 is 0 Å². The molecule has 0 bridgehead atoms. The van der Waals surface area contributed by atoms with Crippen LogP contribution < -0.4 is 10.2 Å². The maximum atomic E-state index is 5.50. The third-order valence-corrected chi connectivity index (χ3v) is 3.86. The van der Waals surface area contributed by atoms with E-state index in [2.05, 4.69) is 15.4 Å². The summed E-state index contributed by atoms with van der Waals surface area (Å²) in [6.07, 6.45) is 0. The van der Waals surface area contributed by atoms with Crippen LogP contribution in [-0.2, 0) is 4.74 Å². The SMILES string of the molecule is CCOc1ccc2nc(NN3CCOCC3)sc2c1. The van der Waals surface area contributed by atoms with E-state index >= 15 is 0 Å². The molecule has 1 aliphatic rings. The van der Waals surface area contributed by atoms with Gasteiger partial charge in [0, 0.05) is 13.1 Å². The van der Waals surface area contributed by atoms with E-state index in [4.69, 9.17) is 9.47 Å². The summed E-state index contributed by atoms with van der Waals surface area (Å²) in [6.45, 7) is 5.99. The predicted molar refractivity (Wildman–Crippen MR) is 76.8 cm³/mol. The van der Waals surface area contributed by atoms with Crippen LogP contribution in [0.5, 0.6) is 5.75 Å². The Hall–Kier alpha value is -1.37. The van der Waals surface area contributed by atoms with E-state index in [-0.39, 0.29) is 0 Å². The van der Waals surface area contributed by atoms with Crippen LogP contribution in [0.1, 0.15) is 6.92 Å². The van der Waals surface area contributed by atoms with E-state index in [1.807, 2.05) is 25.1 Å². The Morgan fingerprint density at radius 1 is 1.42 bits per heavy atom. The summed E-state index contributed by atoms with van der Waals surface area (Å²) in [5, 5.41) is 3.07. The first-order chi connectivity index (χ1) is 9.35. The van der Waals surface area contributed by atoms with Crippen molar-refractivity contribution in [2.24, 2.45) is 0 Å². The molecule has 1 aromatic carbocycles. The normalized spacial score (nSPS) is 16.7. The molecular weight excluding hydrogens is 262 g/mol. The third kappa shape index (κ3) is 2.97. The minimum atomic E-state index is 0.684. The van der Waals surface area contributed by atoms with Gasteiger partial charge in [-0.05, 0) is 25.1 Å². The van der Waals surface area contributed by atoms with Crippen LogP contribution >= 0.6 is 11.3 Å². The van der Waals surface area contributed by atoms with E-state index in [1.54, 1.807) is 11.3 Å². The van der Waals surface area contributed by atoms with Crippen molar-refractivity contribution in [1.82, 2.24) is 9.99 Å². The van der Waals surface area contributed by atoms with Crippen molar-refractivity contribution in [1.29, 1.82) is 0 Å². The van der Waals surface area contributed by atoms with Gasteiger partial charge in [0.05, 0.1) is 30.0 Å². The molecule has 19 heavy (non-hydrogen) atoms.